The lowest BCUT2D eigenvalue weighted by Crippen LogP contribution is -2.12. The van der Waals surface area contributed by atoms with E-state index in [0.29, 0.717) is 6.61 Å². The van der Waals surface area contributed by atoms with E-state index in [4.69, 9.17) is 4.74 Å². The van der Waals surface area contributed by atoms with Crippen molar-refractivity contribution in [3.63, 3.8) is 0 Å². The number of carbonyl (C=O) groups is 1. The molecule has 0 atom stereocenters. The summed E-state index contributed by atoms with van der Waals surface area (Å²) in [6.45, 7) is 12.8. The van der Waals surface area contributed by atoms with Crippen LogP contribution in [0.3, 0.4) is 0 Å². The Morgan fingerprint density at radius 2 is 1.57 bits per heavy atom. The van der Waals surface area contributed by atoms with Crippen LogP contribution in [0.5, 0.6) is 0 Å². The van der Waals surface area contributed by atoms with Gasteiger partial charge in [-0.2, -0.15) is 0 Å². The third-order valence-corrected chi connectivity index (χ3v) is 1.21. The van der Waals surface area contributed by atoms with E-state index in [1.165, 1.54) is 0 Å². The minimum Gasteiger partial charge on any atom is -0.465 e. The van der Waals surface area contributed by atoms with E-state index < -0.39 is 0 Å². The molecule has 0 aromatic heterocycles. The molecule has 86 valence electrons. The zero-order valence-electron chi connectivity index (χ0n) is 10.6. The van der Waals surface area contributed by atoms with Crippen LogP contribution in [-0.2, 0) is 9.53 Å². The summed E-state index contributed by atoms with van der Waals surface area (Å²) in [6.07, 6.45) is 2.05. The topological polar surface area (TPSA) is 26.3 Å². The van der Waals surface area contributed by atoms with Crippen molar-refractivity contribution >= 4 is 5.97 Å². The van der Waals surface area contributed by atoms with Gasteiger partial charge in [-0.05, 0) is 12.3 Å². The molecule has 0 amide bonds. The Kier molecular flexibility index (Phi) is 12.0. The second kappa shape index (κ2) is 10.6. The minimum atomic E-state index is -0.0894. The van der Waals surface area contributed by atoms with Crippen molar-refractivity contribution < 1.29 is 9.53 Å². The summed E-state index contributed by atoms with van der Waals surface area (Å²) in [7, 11) is 0. The number of carbonyl (C=O) groups excluding carboxylic acids is 1. The summed E-state index contributed by atoms with van der Waals surface area (Å²) in [4.78, 5) is 10.8. The van der Waals surface area contributed by atoms with Crippen molar-refractivity contribution in [2.45, 2.75) is 54.4 Å². The Morgan fingerprint density at radius 3 is 1.86 bits per heavy atom. The average molecular weight is 202 g/mol. The third kappa shape index (κ3) is 17.5. The smallest absolute Gasteiger partial charge is 0.308 e. The van der Waals surface area contributed by atoms with Crippen LogP contribution in [0.15, 0.2) is 0 Å². The summed E-state index contributed by atoms with van der Waals surface area (Å²) in [6, 6.07) is 0. The number of hydrogen-bond donors (Lipinski definition) is 0. The first-order chi connectivity index (χ1) is 6.41. The summed E-state index contributed by atoms with van der Waals surface area (Å²) in [5.41, 5.74) is 0. The average Bonchev–Trinajstić information content (AvgIpc) is 2.03. The standard InChI is InChI=1S/C8H16O2.C4H10/c1-4-5-6-10-8(9)7(2)3;1-4(2)3/h7H,4-6H2,1-3H3;4H,1-3H3. The highest BCUT2D eigenvalue weighted by Crippen LogP contribution is 1.97. The molecule has 2 nitrogen and oxygen atoms in total. The van der Waals surface area contributed by atoms with Crippen LogP contribution in [0.2, 0.25) is 0 Å². The lowest BCUT2D eigenvalue weighted by atomic mass is 10.2. The molecule has 0 heterocycles. The van der Waals surface area contributed by atoms with Crippen LogP contribution in [-0.4, -0.2) is 12.6 Å². The molecule has 0 fully saturated rings. The Labute approximate surface area is 89.0 Å². The van der Waals surface area contributed by atoms with E-state index in [9.17, 15) is 4.79 Å². The molecule has 0 saturated heterocycles. The quantitative estimate of drug-likeness (QED) is 0.514. The van der Waals surface area contributed by atoms with E-state index in [1.54, 1.807) is 0 Å². The zero-order valence-corrected chi connectivity index (χ0v) is 10.6. The summed E-state index contributed by atoms with van der Waals surface area (Å²) in [5.74, 6) is 0.755. The van der Waals surface area contributed by atoms with Gasteiger partial charge in [-0.1, -0.05) is 48.0 Å². The van der Waals surface area contributed by atoms with Gasteiger partial charge < -0.3 is 4.74 Å². The molecule has 0 radical (unpaired) electrons. The molecule has 0 spiro atoms. The first-order valence-electron chi connectivity index (χ1n) is 5.58. The molecule has 0 aromatic carbocycles. The van der Waals surface area contributed by atoms with Gasteiger partial charge in [-0.15, -0.1) is 0 Å². The van der Waals surface area contributed by atoms with Gasteiger partial charge in [0, 0.05) is 0 Å². The monoisotopic (exact) mass is 202 g/mol. The van der Waals surface area contributed by atoms with Crippen molar-refractivity contribution in [1.82, 2.24) is 0 Å². The summed E-state index contributed by atoms with van der Waals surface area (Å²) < 4.78 is 4.90. The lowest BCUT2D eigenvalue weighted by molar-refractivity contribution is -0.147. The molecule has 0 unspecified atom stereocenters. The lowest BCUT2D eigenvalue weighted by Gasteiger charge is -2.04. The predicted octanol–water partition coefficient (Wildman–Crippen LogP) is 3.65. The highest BCUT2D eigenvalue weighted by Gasteiger charge is 2.06. The number of hydrogen-bond acceptors (Lipinski definition) is 2. The molecule has 0 aliphatic rings. The van der Waals surface area contributed by atoms with Gasteiger partial charge in [0.25, 0.3) is 0 Å². The fourth-order valence-electron chi connectivity index (χ4n) is 0.484. The number of esters is 1. The molecular formula is C12H26O2. The van der Waals surface area contributed by atoms with E-state index in [1.807, 2.05) is 13.8 Å². The van der Waals surface area contributed by atoms with Gasteiger partial charge in [0.2, 0.25) is 0 Å². The highest BCUT2D eigenvalue weighted by atomic mass is 16.5. The van der Waals surface area contributed by atoms with Crippen LogP contribution in [0.1, 0.15) is 54.4 Å². The van der Waals surface area contributed by atoms with Crippen LogP contribution in [0.4, 0.5) is 0 Å². The Bertz CT molecular complexity index is 126. The van der Waals surface area contributed by atoms with Gasteiger partial charge in [0.15, 0.2) is 0 Å². The normalized spacial score (nSPS) is 9.71. The molecule has 0 aliphatic heterocycles. The van der Waals surface area contributed by atoms with E-state index >= 15 is 0 Å². The first kappa shape index (κ1) is 15.9. The molecule has 0 aliphatic carbocycles. The Morgan fingerprint density at radius 1 is 1.14 bits per heavy atom. The third-order valence-electron chi connectivity index (χ3n) is 1.21. The van der Waals surface area contributed by atoms with Gasteiger partial charge in [0.05, 0.1) is 12.5 Å². The molecule has 0 N–H and O–H groups in total. The summed E-state index contributed by atoms with van der Waals surface area (Å²) in [5, 5.41) is 0. The molecular weight excluding hydrogens is 176 g/mol. The van der Waals surface area contributed by atoms with Gasteiger partial charge in [-0.3, -0.25) is 4.79 Å². The maximum Gasteiger partial charge on any atom is 0.308 e. The maximum absolute atomic E-state index is 10.8. The minimum absolute atomic E-state index is 0.0110. The molecule has 14 heavy (non-hydrogen) atoms. The maximum atomic E-state index is 10.8. The van der Waals surface area contributed by atoms with E-state index in [2.05, 4.69) is 27.7 Å². The first-order valence-corrected chi connectivity index (χ1v) is 5.58. The second-order valence-electron chi connectivity index (χ2n) is 4.41. The van der Waals surface area contributed by atoms with Crippen LogP contribution < -0.4 is 0 Å². The van der Waals surface area contributed by atoms with E-state index in [-0.39, 0.29) is 11.9 Å². The van der Waals surface area contributed by atoms with Gasteiger partial charge in [0.1, 0.15) is 0 Å². The molecule has 2 heteroatoms. The van der Waals surface area contributed by atoms with Gasteiger partial charge >= 0.3 is 5.97 Å². The van der Waals surface area contributed by atoms with Gasteiger partial charge in [-0.25, -0.2) is 0 Å². The zero-order chi connectivity index (χ0) is 11.6. The summed E-state index contributed by atoms with van der Waals surface area (Å²) >= 11 is 0. The van der Waals surface area contributed by atoms with Crippen LogP contribution >= 0.6 is 0 Å². The number of ether oxygens (including phenoxy) is 1. The molecule has 0 aromatic rings. The SMILES string of the molecule is CC(C)C.CCCCOC(=O)C(C)C. The largest absolute Gasteiger partial charge is 0.465 e. The predicted molar refractivity (Wildman–Crippen MR) is 61.2 cm³/mol. The van der Waals surface area contributed by atoms with Crippen molar-refractivity contribution in [2.24, 2.45) is 11.8 Å². The molecule has 0 rings (SSSR count). The Hall–Kier alpha value is -0.530. The molecule has 0 bridgehead atoms. The number of rotatable bonds is 4. The van der Waals surface area contributed by atoms with Crippen LogP contribution in [0.25, 0.3) is 0 Å². The van der Waals surface area contributed by atoms with Crippen molar-refractivity contribution in [2.75, 3.05) is 6.61 Å². The number of unbranched alkanes of at least 4 members (excludes halogenated alkanes) is 1. The highest BCUT2D eigenvalue weighted by molar-refractivity contribution is 5.71. The van der Waals surface area contributed by atoms with E-state index in [0.717, 1.165) is 18.8 Å². The Balaban J connectivity index is 0. The van der Waals surface area contributed by atoms with Crippen molar-refractivity contribution in [3.05, 3.63) is 0 Å². The fourth-order valence-corrected chi connectivity index (χ4v) is 0.484. The second-order valence-corrected chi connectivity index (χ2v) is 4.41. The fraction of sp³-hybridized carbons (Fsp3) is 0.917. The van der Waals surface area contributed by atoms with Crippen LogP contribution in [0, 0.1) is 11.8 Å². The molecule has 0 saturated carbocycles. The van der Waals surface area contributed by atoms with Crippen molar-refractivity contribution in [1.29, 1.82) is 0 Å². The van der Waals surface area contributed by atoms with Crippen molar-refractivity contribution in [3.8, 4) is 0 Å².